The molecule has 0 saturated carbocycles. The van der Waals surface area contributed by atoms with Crippen LogP contribution in [0.1, 0.15) is 25.2 Å². The lowest BCUT2D eigenvalue weighted by Crippen LogP contribution is -2.04. The minimum absolute atomic E-state index is 0.762. The number of hydrogen-bond acceptors (Lipinski definition) is 4. The molecule has 2 aromatic heterocycles. The Bertz CT molecular complexity index is 475. The van der Waals surface area contributed by atoms with Gasteiger partial charge in [-0.1, -0.05) is 13.8 Å². The summed E-state index contributed by atoms with van der Waals surface area (Å²) in [4.78, 5) is 8.07. The number of nitrogens with two attached hydrogens (primary N) is 1. The molecule has 0 bridgehead atoms. The zero-order valence-electron chi connectivity index (χ0n) is 9.51. The molecule has 0 atom stereocenters. The summed E-state index contributed by atoms with van der Waals surface area (Å²) in [6.07, 6.45) is 4.88. The molecule has 0 fully saturated rings. The van der Waals surface area contributed by atoms with Crippen LogP contribution in [0.4, 0.5) is 5.69 Å². The third kappa shape index (κ3) is 1.64. The van der Waals surface area contributed by atoms with E-state index in [1.807, 2.05) is 13.0 Å². The molecule has 0 aliphatic heterocycles. The van der Waals surface area contributed by atoms with Gasteiger partial charge in [-0.3, -0.25) is 0 Å². The van der Waals surface area contributed by atoms with Gasteiger partial charge in [-0.25, -0.2) is 14.6 Å². The number of nitrogen functional groups attached to an aromatic ring is 1. The molecule has 0 aromatic carbocycles. The lowest BCUT2D eigenvalue weighted by atomic mass is 10.2. The highest BCUT2D eigenvalue weighted by molar-refractivity contribution is 5.50. The van der Waals surface area contributed by atoms with Crippen molar-refractivity contribution in [3.05, 3.63) is 30.0 Å². The summed E-state index contributed by atoms with van der Waals surface area (Å²) < 4.78 is 1.80. The molecule has 0 amide bonds. The van der Waals surface area contributed by atoms with Crippen molar-refractivity contribution in [1.29, 1.82) is 0 Å². The summed E-state index contributed by atoms with van der Waals surface area (Å²) >= 11 is 0. The van der Waals surface area contributed by atoms with E-state index >= 15 is 0 Å². The first-order chi connectivity index (χ1) is 7.77. The van der Waals surface area contributed by atoms with Gasteiger partial charge in [-0.2, -0.15) is 5.10 Å². The van der Waals surface area contributed by atoms with Crippen LogP contribution in [0.25, 0.3) is 5.82 Å². The Labute approximate surface area is 94.3 Å². The Morgan fingerprint density at radius 2 is 2.12 bits per heavy atom. The average molecular weight is 217 g/mol. The molecular formula is C11H15N5. The SMILES string of the molecule is CCc1nn(-c2ccncn2)c(CC)c1N. The third-order valence-electron chi connectivity index (χ3n) is 2.55. The van der Waals surface area contributed by atoms with Gasteiger partial charge in [0.1, 0.15) is 6.33 Å². The van der Waals surface area contributed by atoms with Crippen molar-refractivity contribution in [3.63, 3.8) is 0 Å². The maximum atomic E-state index is 6.04. The first kappa shape index (κ1) is 10.6. The molecule has 0 unspecified atom stereocenters. The quantitative estimate of drug-likeness (QED) is 0.843. The topological polar surface area (TPSA) is 69.6 Å². The lowest BCUT2D eigenvalue weighted by Gasteiger charge is -2.03. The number of nitrogens with zero attached hydrogens (tertiary/aromatic N) is 4. The molecule has 0 saturated heterocycles. The van der Waals surface area contributed by atoms with Crippen molar-refractivity contribution in [2.24, 2.45) is 0 Å². The Morgan fingerprint density at radius 3 is 2.69 bits per heavy atom. The van der Waals surface area contributed by atoms with Gasteiger partial charge in [-0.15, -0.1) is 0 Å². The molecule has 2 aromatic rings. The maximum absolute atomic E-state index is 6.04. The minimum atomic E-state index is 0.762. The summed E-state index contributed by atoms with van der Waals surface area (Å²) in [6, 6.07) is 1.82. The van der Waals surface area contributed by atoms with E-state index in [1.54, 1.807) is 10.9 Å². The lowest BCUT2D eigenvalue weighted by molar-refractivity contribution is 0.768. The van der Waals surface area contributed by atoms with E-state index in [1.165, 1.54) is 6.33 Å². The van der Waals surface area contributed by atoms with E-state index in [4.69, 9.17) is 5.73 Å². The van der Waals surface area contributed by atoms with Crippen molar-refractivity contribution >= 4 is 5.69 Å². The van der Waals surface area contributed by atoms with E-state index in [0.29, 0.717) is 0 Å². The van der Waals surface area contributed by atoms with Crippen LogP contribution in [0.3, 0.4) is 0 Å². The monoisotopic (exact) mass is 217 g/mol. The molecule has 2 rings (SSSR count). The highest BCUT2D eigenvalue weighted by Gasteiger charge is 2.14. The van der Waals surface area contributed by atoms with Crippen molar-refractivity contribution in [2.45, 2.75) is 26.7 Å². The van der Waals surface area contributed by atoms with Gasteiger partial charge in [0.05, 0.1) is 17.1 Å². The van der Waals surface area contributed by atoms with Gasteiger partial charge in [0.25, 0.3) is 0 Å². The molecule has 5 nitrogen and oxygen atoms in total. The molecule has 5 heteroatoms. The van der Waals surface area contributed by atoms with E-state index in [2.05, 4.69) is 22.0 Å². The van der Waals surface area contributed by atoms with Gasteiger partial charge in [0.15, 0.2) is 5.82 Å². The van der Waals surface area contributed by atoms with Crippen LogP contribution in [-0.4, -0.2) is 19.7 Å². The number of aromatic nitrogens is 4. The summed E-state index contributed by atoms with van der Waals surface area (Å²) in [7, 11) is 0. The zero-order valence-corrected chi connectivity index (χ0v) is 9.51. The van der Waals surface area contributed by atoms with E-state index < -0.39 is 0 Å². The molecule has 0 aliphatic carbocycles. The summed E-state index contributed by atoms with van der Waals surface area (Å²) in [5.74, 6) is 0.762. The van der Waals surface area contributed by atoms with Crippen LogP contribution < -0.4 is 5.73 Å². The number of anilines is 1. The Morgan fingerprint density at radius 1 is 1.31 bits per heavy atom. The van der Waals surface area contributed by atoms with Crippen LogP contribution in [0.5, 0.6) is 0 Å². The normalized spacial score (nSPS) is 10.6. The Hall–Kier alpha value is -1.91. The summed E-state index contributed by atoms with van der Waals surface area (Å²) in [6.45, 7) is 4.10. The number of aryl methyl sites for hydroxylation is 1. The second kappa shape index (κ2) is 4.30. The van der Waals surface area contributed by atoms with Gasteiger partial charge >= 0.3 is 0 Å². The molecule has 16 heavy (non-hydrogen) atoms. The summed E-state index contributed by atoms with van der Waals surface area (Å²) in [5, 5.41) is 4.47. The minimum Gasteiger partial charge on any atom is -0.396 e. The Balaban J connectivity index is 2.57. The predicted octanol–water partition coefficient (Wildman–Crippen LogP) is 1.37. The van der Waals surface area contributed by atoms with Gasteiger partial charge in [-0.05, 0) is 12.8 Å². The van der Waals surface area contributed by atoms with Crippen LogP contribution in [0.2, 0.25) is 0 Å². The molecule has 0 spiro atoms. The van der Waals surface area contributed by atoms with E-state index in [9.17, 15) is 0 Å². The average Bonchev–Trinajstić information content (AvgIpc) is 2.66. The largest absolute Gasteiger partial charge is 0.396 e. The molecule has 84 valence electrons. The van der Waals surface area contributed by atoms with Crippen LogP contribution in [0, 0.1) is 0 Å². The van der Waals surface area contributed by atoms with E-state index in [0.717, 1.165) is 35.7 Å². The smallest absolute Gasteiger partial charge is 0.157 e. The fourth-order valence-electron chi connectivity index (χ4n) is 1.72. The van der Waals surface area contributed by atoms with Crippen molar-refractivity contribution in [2.75, 3.05) is 5.73 Å². The number of rotatable bonds is 3. The van der Waals surface area contributed by atoms with Gasteiger partial charge in [0, 0.05) is 12.3 Å². The fraction of sp³-hybridized carbons (Fsp3) is 0.364. The maximum Gasteiger partial charge on any atom is 0.157 e. The van der Waals surface area contributed by atoms with Crippen molar-refractivity contribution < 1.29 is 0 Å². The predicted molar refractivity (Wildman–Crippen MR) is 62.3 cm³/mol. The molecule has 2 heterocycles. The second-order valence-corrected chi connectivity index (χ2v) is 3.49. The molecule has 0 radical (unpaired) electrons. The molecule has 2 N–H and O–H groups in total. The van der Waals surface area contributed by atoms with E-state index in [-0.39, 0.29) is 0 Å². The van der Waals surface area contributed by atoms with Crippen LogP contribution >= 0.6 is 0 Å². The van der Waals surface area contributed by atoms with Gasteiger partial charge < -0.3 is 5.73 Å². The first-order valence-electron chi connectivity index (χ1n) is 5.40. The zero-order chi connectivity index (χ0) is 11.5. The standard InChI is InChI=1S/C11H15N5/c1-3-8-11(12)9(4-2)16(15-8)10-5-6-13-7-14-10/h5-7H,3-4,12H2,1-2H3. The fourth-order valence-corrected chi connectivity index (χ4v) is 1.72. The molecule has 0 aliphatic rings. The highest BCUT2D eigenvalue weighted by Crippen LogP contribution is 2.20. The van der Waals surface area contributed by atoms with Crippen molar-refractivity contribution in [3.8, 4) is 5.82 Å². The number of hydrogen-bond donors (Lipinski definition) is 1. The Kier molecular flexibility index (Phi) is 2.85. The highest BCUT2D eigenvalue weighted by atomic mass is 15.3. The van der Waals surface area contributed by atoms with Crippen LogP contribution in [-0.2, 0) is 12.8 Å². The third-order valence-corrected chi connectivity index (χ3v) is 2.55. The summed E-state index contributed by atoms with van der Waals surface area (Å²) in [5.41, 5.74) is 8.75. The first-order valence-corrected chi connectivity index (χ1v) is 5.40. The molecular weight excluding hydrogens is 202 g/mol. The van der Waals surface area contributed by atoms with Crippen LogP contribution in [0.15, 0.2) is 18.6 Å². The second-order valence-electron chi connectivity index (χ2n) is 3.49. The van der Waals surface area contributed by atoms with Gasteiger partial charge in [0.2, 0.25) is 0 Å². The van der Waals surface area contributed by atoms with Crippen molar-refractivity contribution in [1.82, 2.24) is 19.7 Å².